The van der Waals surface area contributed by atoms with Gasteiger partial charge in [0.05, 0.1) is 38.9 Å². The predicted octanol–water partition coefficient (Wildman–Crippen LogP) is 3.37. The molecule has 1 aromatic rings. The summed E-state index contributed by atoms with van der Waals surface area (Å²) in [6.07, 6.45) is 2.10. The molecule has 0 fully saturated rings. The standard InChI is InChI=1S/C12H5Cl3O4/c1-19-12(18)8-6-4(16)2-3-5(17)7(6)9(13)11(15)10(8)14/h2-3H,1H3. The van der Waals surface area contributed by atoms with Crippen LogP contribution in [0.3, 0.4) is 0 Å². The van der Waals surface area contributed by atoms with E-state index in [4.69, 9.17) is 34.8 Å². The fourth-order valence-electron chi connectivity index (χ4n) is 1.75. The Morgan fingerprint density at radius 2 is 1.47 bits per heavy atom. The molecule has 0 aromatic heterocycles. The lowest BCUT2D eigenvalue weighted by atomic mass is 9.90. The molecule has 0 saturated carbocycles. The zero-order valence-corrected chi connectivity index (χ0v) is 11.7. The molecule has 0 unspecified atom stereocenters. The Bertz CT molecular complexity index is 662. The number of allylic oxidation sites excluding steroid dienone is 2. The molecule has 7 heteroatoms. The molecule has 0 radical (unpaired) electrons. The summed E-state index contributed by atoms with van der Waals surface area (Å²) in [5.41, 5.74) is -0.570. The van der Waals surface area contributed by atoms with Gasteiger partial charge in [-0.25, -0.2) is 4.79 Å². The smallest absolute Gasteiger partial charge is 0.340 e. The van der Waals surface area contributed by atoms with Gasteiger partial charge in [-0.3, -0.25) is 9.59 Å². The maximum atomic E-state index is 11.9. The number of rotatable bonds is 1. The highest BCUT2D eigenvalue weighted by atomic mass is 35.5. The molecule has 0 N–H and O–H groups in total. The number of hydrogen-bond acceptors (Lipinski definition) is 4. The molecule has 1 aromatic carbocycles. The maximum absolute atomic E-state index is 11.9. The number of methoxy groups -OCH3 is 1. The van der Waals surface area contributed by atoms with Gasteiger partial charge in [0.1, 0.15) is 0 Å². The minimum atomic E-state index is -0.865. The van der Waals surface area contributed by atoms with Crippen LogP contribution in [0, 0.1) is 0 Å². The van der Waals surface area contributed by atoms with Crippen molar-refractivity contribution in [2.45, 2.75) is 0 Å². The quantitative estimate of drug-likeness (QED) is 0.588. The predicted molar refractivity (Wildman–Crippen MR) is 70.6 cm³/mol. The molecule has 98 valence electrons. The third kappa shape index (κ3) is 2.06. The number of fused-ring (bicyclic) bond motifs is 1. The first-order chi connectivity index (χ1) is 8.90. The molecule has 0 aliphatic heterocycles. The van der Waals surface area contributed by atoms with Crippen molar-refractivity contribution in [3.05, 3.63) is 43.9 Å². The van der Waals surface area contributed by atoms with Crippen LogP contribution in [0.2, 0.25) is 15.1 Å². The molecule has 1 aliphatic carbocycles. The van der Waals surface area contributed by atoms with Crippen molar-refractivity contribution in [3.8, 4) is 0 Å². The Hall–Kier alpha value is -1.36. The van der Waals surface area contributed by atoms with E-state index in [0.717, 1.165) is 19.3 Å². The van der Waals surface area contributed by atoms with Crippen molar-refractivity contribution in [1.82, 2.24) is 0 Å². The second kappa shape index (κ2) is 4.96. The molecule has 4 nitrogen and oxygen atoms in total. The Kier molecular flexibility index (Phi) is 3.67. The topological polar surface area (TPSA) is 60.4 Å². The van der Waals surface area contributed by atoms with Crippen LogP contribution >= 0.6 is 34.8 Å². The van der Waals surface area contributed by atoms with Crippen molar-refractivity contribution in [2.24, 2.45) is 0 Å². The number of ketones is 2. The minimum Gasteiger partial charge on any atom is -0.465 e. The molecule has 0 bridgehead atoms. The van der Waals surface area contributed by atoms with E-state index < -0.39 is 17.5 Å². The summed E-state index contributed by atoms with van der Waals surface area (Å²) in [7, 11) is 1.12. The number of carbonyl (C=O) groups is 3. The molecule has 0 spiro atoms. The van der Waals surface area contributed by atoms with E-state index in [0.29, 0.717) is 0 Å². The van der Waals surface area contributed by atoms with E-state index in [1.54, 1.807) is 0 Å². The molecule has 1 aliphatic rings. The van der Waals surface area contributed by atoms with Crippen LogP contribution in [0.25, 0.3) is 0 Å². The summed E-state index contributed by atoms with van der Waals surface area (Å²) in [6.45, 7) is 0. The highest BCUT2D eigenvalue weighted by molar-refractivity contribution is 6.52. The van der Waals surface area contributed by atoms with Crippen molar-refractivity contribution in [2.75, 3.05) is 7.11 Å². The zero-order chi connectivity index (χ0) is 14.3. The summed E-state index contributed by atoms with van der Waals surface area (Å²) in [6, 6.07) is 0. The van der Waals surface area contributed by atoms with Crippen LogP contribution in [0.15, 0.2) is 12.2 Å². The number of benzene rings is 1. The third-order valence-electron chi connectivity index (χ3n) is 2.59. The van der Waals surface area contributed by atoms with Crippen LogP contribution in [-0.2, 0) is 4.74 Å². The summed E-state index contributed by atoms with van der Waals surface area (Å²) in [5.74, 6) is -1.95. The number of halogens is 3. The average Bonchev–Trinajstić information content (AvgIpc) is 2.39. The molecule has 19 heavy (non-hydrogen) atoms. The van der Waals surface area contributed by atoms with E-state index >= 15 is 0 Å². The number of carbonyl (C=O) groups excluding carboxylic acids is 3. The first-order valence-electron chi connectivity index (χ1n) is 4.95. The highest BCUT2D eigenvalue weighted by Gasteiger charge is 2.33. The summed E-state index contributed by atoms with van der Waals surface area (Å²) < 4.78 is 4.55. The fourth-order valence-corrected chi connectivity index (χ4v) is 2.54. The summed E-state index contributed by atoms with van der Waals surface area (Å²) >= 11 is 17.7. The van der Waals surface area contributed by atoms with Crippen molar-refractivity contribution in [3.63, 3.8) is 0 Å². The zero-order valence-electron chi connectivity index (χ0n) is 9.42. The van der Waals surface area contributed by atoms with Crippen molar-refractivity contribution >= 4 is 52.3 Å². The first-order valence-corrected chi connectivity index (χ1v) is 6.09. The first kappa shape index (κ1) is 14.1. The molecule has 0 atom stereocenters. The monoisotopic (exact) mass is 318 g/mol. The minimum absolute atomic E-state index is 0.135. The number of esters is 1. The van der Waals surface area contributed by atoms with Gasteiger partial charge < -0.3 is 4.74 Å². The van der Waals surface area contributed by atoms with Gasteiger partial charge in [0.25, 0.3) is 0 Å². The number of hydrogen-bond donors (Lipinski definition) is 0. The van der Waals surface area contributed by atoms with E-state index in [1.807, 2.05) is 0 Å². The Morgan fingerprint density at radius 3 is 2.00 bits per heavy atom. The molecule has 0 amide bonds. The lowest BCUT2D eigenvalue weighted by molar-refractivity contribution is 0.0597. The van der Waals surface area contributed by atoms with E-state index in [9.17, 15) is 14.4 Å². The summed E-state index contributed by atoms with van der Waals surface area (Å²) in [4.78, 5) is 35.4. The Morgan fingerprint density at radius 1 is 0.947 bits per heavy atom. The maximum Gasteiger partial charge on any atom is 0.340 e. The van der Waals surface area contributed by atoms with Crippen LogP contribution < -0.4 is 0 Å². The molecule has 2 rings (SSSR count). The van der Waals surface area contributed by atoms with E-state index in [2.05, 4.69) is 4.74 Å². The van der Waals surface area contributed by atoms with Crippen LogP contribution in [0.5, 0.6) is 0 Å². The van der Waals surface area contributed by atoms with Gasteiger partial charge in [0.15, 0.2) is 11.6 Å². The third-order valence-corrected chi connectivity index (χ3v) is 3.92. The highest BCUT2D eigenvalue weighted by Crippen LogP contribution is 2.40. The van der Waals surface area contributed by atoms with E-state index in [-0.39, 0.29) is 31.8 Å². The van der Waals surface area contributed by atoms with Crippen LogP contribution in [-0.4, -0.2) is 24.6 Å². The second-order valence-electron chi connectivity index (χ2n) is 3.62. The van der Waals surface area contributed by atoms with Gasteiger partial charge in [-0.1, -0.05) is 34.8 Å². The van der Waals surface area contributed by atoms with Crippen LogP contribution in [0.1, 0.15) is 31.1 Å². The lowest BCUT2D eigenvalue weighted by Crippen LogP contribution is -2.19. The Balaban J connectivity index is 2.95. The van der Waals surface area contributed by atoms with E-state index in [1.165, 1.54) is 0 Å². The van der Waals surface area contributed by atoms with Gasteiger partial charge in [0.2, 0.25) is 0 Å². The van der Waals surface area contributed by atoms with Gasteiger partial charge in [0, 0.05) is 0 Å². The largest absolute Gasteiger partial charge is 0.465 e. The Labute approximate surface area is 122 Å². The second-order valence-corrected chi connectivity index (χ2v) is 4.75. The molecule has 0 saturated heterocycles. The fraction of sp³-hybridized carbons (Fsp3) is 0.0833. The van der Waals surface area contributed by atoms with Gasteiger partial charge in [-0.15, -0.1) is 0 Å². The summed E-state index contributed by atoms with van der Waals surface area (Å²) in [5, 5.41) is -0.537. The van der Waals surface area contributed by atoms with Crippen molar-refractivity contribution < 1.29 is 19.1 Å². The van der Waals surface area contributed by atoms with Gasteiger partial charge >= 0.3 is 5.97 Å². The molecule has 0 heterocycles. The van der Waals surface area contributed by atoms with Crippen LogP contribution in [0.4, 0.5) is 0 Å². The molecular weight excluding hydrogens is 314 g/mol. The lowest BCUT2D eigenvalue weighted by Gasteiger charge is -2.17. The normalized spacial score (nSPS) is 13.5. The van der Waals surface area contributed by atoms with Gasteiger partial charge in [-0.2, -0.15) is 0 Å². The number of ether oxygens (including phenoxy) is 1. The SMILES string of the molecule is COC(=O)c1c(Cl)c(Cl)c(Cl)c2c1C(=O)C=CC2=O. The van der Waals surface area contributed by atoms with Gasteiger partial charge in [-0.05, 0) is 12.2 Å². The molecular formula is C12H5Cl3O4. The average molecular weight is 320 g/mol. The van der Waals surface area contributed by atoms with Crippen molar-refractivity contribution in [1.29, 1.82) is 0 Å².